The summed E-state index contributed by atoms with van der Waals surface area (Å²) in [7, 11) is -8.51. The average Bonchev–Trinajstić information content (AvgIpc) is 2.88. The molecule has 0 saturated heterocycles. The van der Waals surface area contributed by atoms with Gasteiger partial charge >= 0.3 is 0 Å². The van der Waals surface area contributed by atoms with Crippen molar-refractivity contribution >= 4 is 20.2 Å². The lowest BCUT2D eigenvalue weighted by Gasteiger charge is -2.27. The minimum absolute atomic E-state index is 0.0475. The van der Waals surface area contributed by atoms with E-state index in [1.165, 1.54) is 24.3 Å². The van der Waals surface area contributed by atoms with Crippen LogP contribution < -0.4 is 0 Å². The molecule has 0 N–H and O–H groups in total. The summed E-state index contributed by atoms with van der Waals surface area (Å²) in [5.74, 6) is 0. The summed E-state index contributed by atoms with van der Waals surface area (Å²) in [5.41, 5.74) is 0.887. The van der Waals surface area contributed by atoms with Crippen LogP contribution in [-0.4, -0.2) is 16.8 Å². The molecule has 0 saturated carbocycles. The van der Waals surface area contributed by atoms with Gasteiger partial charge in [-0.05, 0) is 35.4 Å². The highest BCUT2D eigenvalue weighted by molar-refractivity contribution is 7.87. The molecule has 34 heavy (non-hydrogen) atoms. The van der Waals surface area contributed by atoms with Gasteiger partial charge in [0.15, 0.2) is 0 Å². The highest BCUT2D eigenvalue weighted by Gasteiger charge is 2.36. The fourth-order valence-electron chi connectivity index (χ4n) is 3.41. The largest absolute Gasteiger partial charge is 0.297 e. The fourth-order valence-corrected chi connectivity index (χ4v) is 5.58. The van der Waals surface area contributed by atoms with Crippen molar-refractivity contribution in [3.8, 4) is 0 Å². The highest BCUT2D eigenvalue weighted by atomic mass is 32.2. The third kappa shape index (κ3) is 5.60. The fraction of sp³-hybridized carbons (Fsp3) is 0.0769. The first-order valence-electron chi connectivity index (χ1n) is 10.4. The molecular formula is C26H22O6S2. The molecule has 0 amide bonds. The van der Waals surface area contributed by atoms with Crippen LogP contribution in [0.4, 0.5) is 0 Å². The molecule has 0 aromatic heterocycles. The molecule has 0 heterocycles. The molecule has 174 valence electrons. The van der Waals surface area contributed by atoms with E-state index in [1.807, 2.05) is 0 Å². The molecular weight excluding hydrogens is 472 g/mol. The molecule has 2 unspecified atom stereocenters. The second-order valence-corrected chi connectivity index (χ2v) is 10.5. The number of rotatable bonds is 9. The van der Waals surface area contributed by atoms with Crippen LogP contribution in [0.1, 0.15) is 23.3 Å². The van der Waals surface area contributed by atoms with E-state index in [4.69, 9.17) is 8.37 Å². The standard InChI is InChI=1S/C26H22O6S2/c27-33(28,23-17-9-3-10-18-23)31-25(21-13-5-1-6-14-21)26(22-15-7-2-8-16-22)32-34(29,30)24-19-11-4-12-20-24/h1-20,25-26H. The SMILES string of the molecule is O=S(=O)(OC(c1ccccc1)C(OS(=O)(=O)c1ccccc1)c1ccccc1)c1ccccc1. The van der Waals surface area contributed by atoms with Gasteiger partial charge in [0.1, 0.15) is 12.2 Å². The summed E-state index contributed by atoms with van der Waals surface area (Å²) in [6.07, 6.45) is -2.57. The van der Waals surface area contributed by atoms with Crippen LogP contribution in [0, 0.1) is 0 Å². The van der Waals surface area contributed by atoms with Crippen molar-refractivity contribution in [2.75, 3.05) is 0 Å². The zero-order valence-corrected chi connectivity index (χ0v) is 19.6. The molecule has 8 heteroatoms. The van der Waals surface area contributed by atoms with Crippen LogP contribution >= 0.6 is 0 Å². The Bertz CT molecular complexity index is 1300. The predicted octanol–water partition coefficient (Wildman–Crippen LogP) is 5.28. The van der Waals surface area contributed by atoms with Gasteiger partial charge in [0.25, 0.3) is 20.2 Å². The first-order valence-corrected chi connectivity index (χ1v) is 13.2. The number of hydrogen-bond acceptors (Lipinski definition) is 6. The Balaban J connectivity index is 1.82. The van der Waals surface area contributed by atoms with Crippen LogP contribution in [0.5, 0.6) is 0 Å². The number of hydrogen-bond donors (Lipinski definition) is 0. The normalized spacial score (nSPS) is 13.8. The van der Waals surface area contributed by atoms with Gasteiger partial charge in [0.2, 0.25) is 0 Å². The summed E-state index contributed by atoms with van der Waals surface area (Å²) in [6.45, 7) is 0. The van der Waals surface area contributed by atoms with E-state index >= 15 is 0 Å². The van der Waals surface area contributed by atoms with Gasteiger partial charge in [0, 0.05) is 0 Å². The Morgan fingerprint density at radius 3 is 0.971 bits per heavy atom. The lowest BCUT2D eigenvalue weighted by Crippen LogP contribution is -2.24. The molecule has 0 aliphatic carbocycles. The molecule has 2 atom stereocenters. The monoisotopic (exact) mass is 494 g/mol. The Morgan fingerprint density at radius 2 is 0.676 bits per heavy atom. The second kappa shape index (κ2) is 10.3. The first kappa shape index (κ1) is 23.8. The molecule has 4 aromatic carbocycles. The molecule has 4 aromatic rings. The molecule has 0 bridgehead atoms. The predicted molar refractivity (Wildman–Crippen MR) is 128 cm³/mol. The van der Waals surface area contributed by atoms with E-state index in [1.54, 1.807) is 97.1 Å². The van der Waals surface area contributed by atoms with Crippen LogP contribution in [0.3, 0.4) is 0 Å². The number of benzene rings is 4. The summed E-state index contributed by atoms with van der Waals surface area (Å²) >= 11 is 0. The Hall–Kier alpha value is -3.30. The topological polar surface area (TPSA) is 86.7 Å². The zero-order chi connectivity index (χ0) is 24.0. The van der Waals surface area contributed by atoms with Crippen molar-refractivity contribution in [3.63, 3.8) is 0 Å². The maximum atomic E-state index is 13.2. The molecule has 4 rings (SSSR count). The van der Waals surface area contributed by atoms with Crippen molar-refractivity contribution in [2.45, 2.75) is 22.0 Å². The smallest absolute Gasteiger partial charge is 0.255 e. The maximum absolute atomic E-state index is 13.2. The third-order valence-electron chi connectivity index (χ3n) is 5.06. The molecule has 0 aliphatic heterocycles. The van der Waals surface area contributed by atoms with E-state index in [9.17, 15) is 16.8 Å². The zero-order valence-electron chi connectivity index (χ0n) is 18.0. The highest BCUT2D eigenvalue weighted by Crippen LogP contribution is 2.39. The Labute approximate surface area is 199 Å². The van der Waals surface area contributed by atoms with E-state index in [-0.39, 0.29) is 9.79 Å². The van der Waals surface area contributed by atoms with Crippen LogP contribution in [0.25, 0.3) is 0 Å². The Morgan fingerprint density at radius 1 is 0.412 bits per heavy atom. The van der Waals surface area contributed by atoms with Gasteiger partial charge in [-0.2, -0.15) is 16.8 Å². The van der Waals surface area contributed by atoms with Crippen LogP contribution in [0.2, 0.25) is 0 Å². The summed E-state index contributed by atoms with van der Waals surface area (Å²) in [4.78, 5) is -0.0951. The van der Waals surface area contributed by atoms with Gasteiger partial charge in [-0.25, -0.2) is 0 Å². The van der Waals surface area contributed by atoms with Gasteiger partial charge in [-0.15, -0.1) is 0 Å². The van der Waals surface area contributed by atoms with Crippen molar-refractivity contribution < 1.29 is 25.2 Å². The first-order chi connectivity index (χ1) is 16.4. The average molecular weight is 495 g/mol. The summed E-state index contributed by atoms with van der Waals surface area (Å²) in [6, 6.07) is 32.4. The molecule has 0 radical (unpaired) electrons. The summed E-state index contributed by atoms with van der Waals surface area (Å²) < 4.78 is 64.0. The second-order valence-electron chi connectivity index (χ2n) is 7.39. The van der Waals surface area contributed by atoms with Crippen molar-refractivity contribution in [3.05, 3.63) is 132 Å². The molecule has 0 fully saturated rings. The Kier molecular flexibility index (Phi) is 7.23. The van der Waals surface area contributed by atoms with Crippen molar-refractivity contribution in [1.29, 1.82) is 0 Å². The lowest BCUT2D eigenvalue weighted by molar-refractivity contribution is 0.0615. The van der Waals surface area contributed by atoms with E-state index in [2.05, 4.69) is 0 Å². The van der Waals surface area contributed by atoms with Gasteiger partial charge in [0.05, 0.1) is 9.79 Å². The lowest BCUT2D eigenvalue weighted by atomic mass is 9.98. The van der Waals surface area contributed by atoms with Gasteiger partial charge in [-0.1, -0.05) is 97.1 Å². The van der Waals surface area contributed by atoms with Gasteiger partial charge in [-0.3, -0.25) is 8.37 Å². The maximum Gasteiger partial charge on any atom is 0.297 e. The van der Waals surface area contributed by atoms with Gasteiger partial charge < -0.3 is 0 Å². The third-order valence-corrected chi connectivity index (χ3v) is 7.68. The summed E-state index contributed by atoms with van der Waals surface area (Å²) in [5, 5.41) is 0. The van der Waals surface area contributed by atoms with E-state index in [0.29, 0.717) is 11.1 Å². The van der Waals surface area contributed by atoms with Crippen molar-refractivity contribution in [1.82, 2.24) is 0 Å². The molecule has 6 nitrogen and oxygen atoms in total. The van der Waals surface area contributed by atoms with Crippen molar-refractivity contribution in [2.24, 2.45) is 0 Å². The quantitative estimate of drug-likeness (QED) is 0.294. The minimum atomic E-state index is -4.26. The van der Waals surface area contributed by atoms with Crippen LogP contribution in [-0.2, 0) is 28.6 Å². The minimum Gasteiger partial charge on any atom is -0.255 e. The molecule has 0 aliphatic rings. The molecule has 0 spiro atoms. The van der Waals surface area contributed by atoms with E-state index in [0.717, 1.165) is 0 Å². The van der Waals surface area contributed by atoms with E-state index < -0.39 is 32.4 Å². The van der Waals surface area contributed by atoms with Crippen LogP contribution in [0.15, 0.2) is 131 Å².